The lowest BCUT2D eigenvalue weighted by Crippen LogP contribution is -2.17. The van der Waals surface area contributed by atoms with Crippen molar-refractivity contribution in [1.82, 2.24) is 14.9 Å². The number of rotatable bonds is 7. The summed E-state index contributed by atoms with van der Waals surface area (Å²) in [6, 6.07) is 0. The first-order valence-electron chi connectivity index (χ1n) is 5.63. The molecule has 1 rings (SSSR count). The zero-order valence-electron chi connectivity index (χ0n) is 11.3. The molecule has 0 saturated heterocycles. The maximum absolute atomic E-state index is 11.8. The molecule has 8 heteroatoms. The van der Waals surface area contributed by atoms with Gasteiger partial charge in [0.2, 0.25) is 5.88 Å². The Balaban J connectivity index is 0.00000324. The normalized spacial score (nSPS) is 10.5. The van der Waals surface area contributed by atoms with Crippen LogP contribution in [0.3, 0.4) is 0 Å². The van der Waals surface area contributed by atoms with Gasteiger partial charge >= 0.3 is 0 Å². The Morgan fingerprint density at radius 2 is 2.05 bits per heavy atom. The topological polar surface area (TPSA) is 69.2 Å². The summed E-state index contributed by atoms with van der Waals surface area (Å²) in [7, 11) is 3.97. The van der Waals surface area contributed by atoms with E-state index in [0.29, 0.717) is 17.1 Å². The second kappa shape index (κ2) is 9.52. The Morgan fingerprint density at radius 3 is 2.58 bits per heavy atom. The van der Waals surface area contributed by atoms with Gasteiger partial charge in [-0.1, -0.05) is 11.8 Å². The minimum absolute atomic E-state index is 0. The molecule has 0 fully saturated rings. The number of aromatic amines is 1. The molecule has 0 amide bonds. The van der Waals surface area contributed by atoms with Crippen molar-refractivity contribution in [3.05, 3.63) is 15.9 Å². The van der Waals surface area contributed by atoms with Crippen molar-refractivity contribution < 1.29 is 5.11 Å². The van der Waals surface area contributed by atoms with E-state index in [2.05, 4.69) is 14.9 Å². The molecule has 0 radical (unpaired) electrons. The van der Waals surface area contributed by atoms with E-state index in [0.717, 1.165) is 18.1 Å². The van der Waals surface area contributed by atoms with Gasteiger partial charge in [-0.3, -0.25) is 4.79 Å². The largest absolute Gasteiger partial charge is 0.493 e. The SMILES string of the molecule is CSCCc1c(O)nc(SCCN(C)C)[nH]c1=O.Cl. The van der Waals surface area contributed by atoms with Gasteiger partial charge in [0.25, 0.3) is 5.56 Å². The van der Waals surface area contributed by atoms with Gasteiger partial charge in [-0.2, -0.15) is 16.7 Å². The van der Waals surface area contributed by atoms with Crippen molar-refractivity contribution in [2.45, 2.75) is 11.6 Å². The molecule has 0 aliphatic rings. The molecule has 2 N–H and O–H groups in total. The molecule has 1 aromatic rings. The second-order valence-electron chi connectivity index (χ2n) is 4.07. The summed E-state index contributed by atoms with van der Waals surface area (Å²) in [6.07, 6.45) is 2.50. The highest BCUT2D eigenvalue weighted by Crippen LogP contribution is 2.17. The maximum Gasteiger partial charge on any atom is 0.258 e. The van der Waals surface area contributed by atoms with E-state index in [-0.39, 0.29) is 23.8 Å². The zero-order chi connectivity index (χ0) is 13.5. The van der Waals surface area contributed by atoms with Gasteiger partial charge in [0.05, 0.1) is 5.56 Å². The Labute approximate surface area is 128 Å². The summed E-state index contributed by atoms with van der Waals surface area (Å²) >= 11 is 3.07. The van der Waals surface area contributed by atoms with Crippen molar-refractivity contribution in [3.63, 3.8) is 0 Å². The number of hydrogen-bond donors (Lipinski definition) is 2. The number of hydrogen-bond acceptors (Lipinski definition) is 6. The third-order valence-electron chi connectivity index (χ3n) is 2.31. The van der Waals surface area contributed by atoms with Gasteiger partial charge < -0.3 is 15.0 Å². The average Bonchev–Trinajstić information content (AvgIpc) is 2.27. The summed E-state index contributed by atoms with van der Waals surface area (Å²) < 4.78 is 0. The van der Waals surface area contributed by atoms with Crippen molar-refractivity contribution in [3.8, 4) is 5.88 Å². The maximum atomic E-state index is 11.8. The van der Waals surface area contributed by atoms with E-state index in [1.54, 1.807) is 11.8 Å². The lowest BCUT2D eigenvalue weighted by molar-refractivity contribution is 0.434. The molecular formula is C11H20ClN3O2S2. The molecule has 0 aromatic carbocycles. The van der Waals surface area contributed by atoms with E-state index in [1.807, 2.05) is 20.4 Å². The van der Waals surface area contributed by atoms with E-state index >= 15 is 0 Å². The molecular weight excluding hydrogens is 306 g/mol. The van der Waals surface area contributed by atoms with E-state index in [1.165, 1.54) is 11.8 Å². The molecule has 19 heavy (non-hydrogen) atoms. The summed E-state index contributed by atoms with van der Waals surface area (Å²) in [6.45, 7) is 0.892. The molecule has 5 nitrogen and oxygen atoms in total. The smallest absolute Gasteiger partial charge is 0.258 e. The Bertz CT molecular complexity index is 440. The number of nitrogens with zero attached hydrogens (tertiary/aromatic N) is 2. The Morgan fingerprint density at radius 1 is 1.37 bits per heavy atom. The van der Waals surface area contributed by atoms with Crippen molar-refractivity contribution in [1.29, 1.82) is 0 Å². The van der Waals surface area contributed by atoms with Gasteiger partial charge in [-0.15, -0.1) is 12.4 Å². The van der Waals surface area contributed by atoms with Crippen LogP contribution in [0.4, 0.5) is 0 Å². The predicted molar refractivity (Wildman–Crippen MR) is 85.1 cm³/mol. The fourth-order valence-corrected chi connectivity index (χ4v) is 2.66. The lowest BCUT2D eigenvalue weighted by atomic mass is 10.2. The van der Waals surface area contributed by atoms with Crippen LogP contribution in [0.25, 0.3) is 0 Å². The minimum atomic E-state index is -0.232. The number of aromatic nitrogens is 2. The Kier molecular flexibility index (Phi) is 9.34. The quantitative estimate of drug-likeness (QED) is 0.584. The molecule has 0 bridgehead atoms. The molecule has 110 valence electrons. The van der Waals surface area contributed by atoms with Crippen LogP contribution in [0, 0.1) is 0 Å². The number of H-pyrrole nitrogens is 1. The fourth-order valence-electron chi connectivity index (χ4n) is 1.29. The summed E-state index contributed by atoms with van der Waals surface area (Å²) in [5.74, 6) is 1.48. The summed E-state index contributed by atoms with van der Waals surface area (Å²) in [5, 5.41) is 10.2. The second-order valence-corrected chi connectivity index (χ2v) is 6.14. The van der Waals surface area contributed by atoms with Crippen LogP contribution in [-0.2, 0) is 6.42 Å². The first kappa shape index (κ1) is 18.6. The van der Waals surface area contributed by atoms with Crippen LogP contribution in [0.5, 0.6) is 5.88 Å². The first-order valence-corrected chi connectivity index (χ1v) is 8.01. The number of thioether (sulfide) groups is 2. The molecule has 1 aromatic heterocycles. The van der Waals surface area contributed by atoms with Crippen LogP contribution >= 0.6 is 35.9 Å². The van der Waals surface area contributed by atoms with Gasteiger partial charge in [-0.05, 0) is 32.5 Å². The third kappa shape index (κ3) is 6.56. The molecule has 0 aliphatic carbocycles. The zero-order valence-corrected chi connectivity index (χ0v) is 13.8. The number of nitrogens with one attached hydrogen (secondary N) is 1. The van der Waals surface area contributed by atoms with Gasteiger partial charge in [0.1, 0.15) is 0 Å². The highest BCUT2D eigenvalue weighted by molar-refractivity contribution is 7.99. The van der Waals surface area contributed by atoms with Crippen molar-refractivity contribution in [2.75, 3.05) is 38.4 Å². The van der Waals surface area contributed by atoms with E-state index in [9.17, 15) is 9.90 Å². The number of halogens is 1. The minimum Gasteiger partial charge on any atom is -0.493 e. The van der Waals surface area contributed by atoms with E-state index < -0.39 is 0 Å². The van der Waals surface area contributed by atoms with Crippen LogP contribution in [0.1, 0.15) is 5.56 Å². The Hall–Kier alpha value is -0.370. The monoisotopic (exact) mass is 325 g/mol. The highest BCUT2D eigenvalue weighted by Gasteiger charge is 2.10. The number of aromatic hydroxyl groups is 1. The third-order valence-corrected chi connectivity index (χ3v) is 3.77. The first-order chi connectivity index (χ1) is 8.54. The lowest BCUT2D eigenvalue weighted by Gasteiger charge is -2.09. The summed E-state index contributed by atoms with van der Waals surface area (Å²) in [4.78, 5) is 20.6. The van der Waals surface area contributed by atoms with Gasteiger partial charge in [0, 0.05) is 12.3 Å². The van der Waals surface area contributed by atoms with Crippen molar-refractivity contribution >= 4 is 35.9 Å². The van der Waals surface area contributed by atoms with Crippen LogP contribution in [0.15, 0.2) is 9.95 Å². The van der Waals surface area contributed by atoms with Crippen LogP contribution in [-0.4, -0.2) is 58.4 Å². The molecule has 1 heterocycles. The molecule has 0 unspecified atom stereocenters. The van der Waals surface area contributed by atoms with E-state index in [4.69, 9.17) is 0 Å². The molecule has 0 saturated carbocycles. The molecule has 0 aliphatic heterocycles. The van der Waals surface area contributed by atoms with Gasteiger partial charge in [-0.25, -0.2) is 0 Å². The predicted octanol–water partition coefficient (Wildman–Crippen LogP) is 1.46. The fraction of sp³-hybridized carbons (Fsp3) is 0.636. The van der Waals surface area contributed by atoms with Gasteiger partial charge in [0.15, 0.2) is 5.16 Å². The van der Waals surface area contributed by atoms with Crippen molar-refractivity contribution in [2.24, 2.45) is 0 Å². The average molecular weight is 326 g/mol. The molecule has 0 spiro atoms. The van der Waals surface area contributed by atoms with Crippen LogP contribution in [0.2, 0.25) is 0 Å². The molecule has 0 atom stereocenters. The van der Waals surface area contributed by atoms with Crippen LogP contribution < -0.4 is 5.56 Å². The summed E-state index contributed by atoms with van der Waals surface area (Å²) in [5.41, 5.74) is 0.144. The standard InChI is InChI=1S/C11H19N3O2S2.ClH/c1-14(2)5-7-18-11-12-9(15)8(4-6-17-3)10(16)13-11;/h4-7H2,1-3H3,(H2,12,13,15,16);1H. The highest BCUT2D eigenvalue weighted by atomic mass is 35.5.